The molecular formula is C11H18O2. The highest BCUT2D eigenvalue weighted by Crippen LogP contribution is 2.10. The molecule has 0 N–H and O–H groups in total. The third kappa shape index (κ3) is 5.34. The van der Waals surface area contributed by atoms with Gasteiger partial charge in [0.2, 0.25) is 0 Å². The van der Waals surface area contributed by atoms with E-state index in [1.165, 1.54) is 0 Å². The summed E-state index contributed by atoms with van der Waals surface area (Å²) >= 11 is 0. The van der Waals surface area contributed by atoms with Crippen molar-refractivity contribution < 1.29 is 9.59 Å². The number of allylic oxidation sites excluding steroid dienone is 1. The van der Waals surface area contributed by atoms with E-state index < -0.39 is 0 Å². The van der Waals surface area contributed by atoms with Gasteiger partial charge in [-0.3, -0.25) is 9.59 Å². The van der Waals surface area contributed by atoms with E-state index in [9.17, 15) is 9.59 Å². The van der Waals surface area contributed by atoms with Crippen molar-refractivity contribution in [3.8, 4) is 0 Å². The molecule has 0 fully saturated rings. The molecule has 2 nitrogen and oxygen atoms in total. The fraction of sp³-hybridized carbons (Fsp3) is 0.636. The van der Waals surface area contributed by atoms with Gasteiger partial charge >= 0.3 is 0 Å². The summed E-state index contributed by atoms with van der Waals surface area (Å²) in [5, 5.41) is 0. The molecule has 0 radical (unpaired) electrons. The Kier molecular flexibility index (Phi) is 6.11. The number of carbonyl (C=O) groups is 2. The number of Topliss-reactive ketones (excluding diaryl/α,β-unsaturated/α-hetero) is 2. The third-order valence-corrected chi connectivity index (χ3v) is 2.12. The SMILES string of the molecule is C=CCCC(C)C(=O)CC(=O)CC. The highest BCUT2D eigenvalue weighted by molar-refractivity contribution is 5.99. The van der Waals surface area contributed by atoms with Crippen LogP contribution in [0.5, 0.6) is 0 Å². The monoisotopic (exact) mass is 182 g/mol. The van der Waals surface area contributed by atoms with Gasteiger partial charge < -0.3 is 0 Å². The van der Waals surface area contributed by atoms with Crippen molar-refractivity contribution >= 4 is 11.6 Å². The fourth-order valence-corrected chi connectivity index (χ4v) is 1.02. The number of hydrogen-bond acceptors (Lipinski definition) is 2. The van der Waals surface area contributed by atoms with Gasteiger partial charge in [0.25, 0.3) is 0 Å². The second-order valence-electron chi connectivity index (χ2n) is 3.30. The first kappa shape index (κ1) is 12.1. The van der Waals surface area contributed by atoms with Gasteiger partial charge in [-0.05, 0) is 12.8 Å². The molecule has 0 aromatic carbocycles. The van der Waals surface area contributed by atoms with E-state index in [-0.39, 0.29) is 23.9 Å². The van der Waals surface area contributed by atoms with Gasteiger partial charge in [-0.25, -0.2) is 0 Å². The van der Waals surface area contributed by atoms with Crippen LogP contribution in [0.3, 0.4) is 0 Å². The number of rotatable bonds is 7. The third-order valence-electron chi connectivity index (χ3n) is 2.12. The Labute approximate surface area is 80.0 Å². The molecule has 74 valence electrons. The number of ketones is 2. The van der Waals surface area contributed by atoms with E-state index in [0.29, 0.717) is 6.42 Å². The summed E-state index contributed by atoms with van der Waals surface area (Å²) in [7, 11) is 0. The van der Waals surface area contributed by atoms with Crippen molar-refractivity contribution in [1.82, 2.24) is 0 Å². The molecule has 0 bridgehead atoms. The van der Waals surface area contributed by atoms with Crippen LogP contribution in [-0.2, 0) is 9.59 Å². The van der Waals surface area contributed by atoms with Gasteiger partial charge in [-0.1, -0.05) is 19.9 Å². The normalized spacial score (nSPS) is 12.2. The molecule has 1 unspecified atom stereocenters. The summed E-state index contributed by atoms with van der Waals surface area (Å²) in [6, 6.07) is 0. The fourth-order valence-electron chi connectivity index (χ4n) is 1.02. The molecule has 13 heavy (non-hydrogen) atoms. The molecule has 0 aliphatic carbocycles. The van der Waals surface area contributed by atoms with Crippen molar-refractivity contribution in [2.75, 3.05) is 0 Å². The second kappa shape index (κ2) is 6.58. The lowest BCUT2D eigenvalue weighted by molar-refractivity contribution is -0.128. The lowest BCUT2D eigenvalue weighted by Gasteiger charge is -2.07. The van der Waals surface area contributed by atoms with Crippen molar-refractivity contribution in [1.29, 1.82) is 0 Å². The Morgan fingerprint density at radius 2 is 2.08 bits per heavy atom. The summed E-state index contributed by atoms with van der Waals surface area (Å²) in [5.41, 5.74) is 0. The highest BCUT2D eigenvalue weighted by Gasteiger charge is 2.14. The zero-order valence-corrected chi connectivity index (χ0v) is 8.51. The summed E-state index contributed by atoms with van der Waals surface area (Å²) < 4.78 is 0. The summed E-state index contributed by atoms with van der Waals surface area (Å²) in [6.45, 7) is 7.24. The molecule has 0 aliphatic rings. The first-order valence-electron chi connectivity index (χ1n) is 4.77. The smallest absolute Gasteiger partial charge is 0.143 e. The standard InChI is InChI=1S/C11H18O2/c1-4-6-7-9(3)11(13)8-10(12)5-2/h4,9H,1,5-8H2,2-3H3. The van der Waals surface area contributed by atoms with E-state index in [0.717, 1.165) is 12.8 Å². The molecule has 0 rings (SSSR count). The predicted octanol–water partition coefficient (Wildman–Crippen LogP) is 2.53. The maximum Gasteiger partial charge on any atom is 0.143 e. The Bertz CT molecular complexity index is 194. The first-order valence-corrected chi connectivity index (χ1v) is 4.77. The minimum Gasteiger partial charge on any atom is -0.299 e. The average Bonchev–Trinajstić information content (AvgIpc) is 2.13. The molecular weight excluding hydrogens is 164 g/mol. The Morgan fingerprint density at radius 1 is 1.46 bits per heavy atom. The molecule has 0 spiro atoms. The van der Waals surface area contributed by atoms with Crippen LogP contribution in [-0.4, -0.2) is 11.6 Å². The Morgan fingerprint density at radius 3 is 2.54 bits per heavy atom. The molecule has 0 aromatic heterocycles. The lowest BCUT2D eigenvalue weighted by atomic mass is 9.96. The van der Waals surface area contributed by atoms with Crippen molar-refractivity contribution in [3.05, 3.63) is 12.7 Å². The maximum atomic E-state index is 11.4. The largest absolute Gasteiger partial charge is 0.299 e. The molecule has 0 saturated heterocycles. The number of carbonyl (C=O) groups excluding carboxylic acids is 2. The summed E-state index contributed by atoms with van der Waals surface area (Å²) in [6.07, 6.45) is 4.01. The molecule has 0 aliphatic heterocycles. The van der Waals surface area contributed by atoms with Crippen LogP contribution in [0.25, 0.3) is 0 Å². The van der Waals surface area contributed by atoms with Crippen molar-refractivity contribution in [2.45, 2.75) is 39.5 Å². The summed E-state index contributed by atoms with van der Waals surface area (Å²) in [4.78, 5) is 22.3. The van der Waals surface area contributed by atoms with Gasteiger partial charge in [0.05, 0.1) is 6.42 Å². The molecule has 0 saturated carbocycles. The van der Waals surface area contributed by atoms with Gasteiger partial charge in [-0.15, -0.1) is 6.58 Å². The minimum absolute atomic E-state index is 0.00602. The van der Waals surface area contributed by atoms with E-state index >= 15 is 0 Å². The quantitative estimate of drug-likeness (QED) is 0.448. The van der Waals surface area contributed by atoms with Crippen LogP contribution < -0.4 is 0 Å². The van der Waals surface area contributed by atoms with Gasteiger partial charge in [0.1, 0.15) is 11.6 Å². The number of hydrogen-bond donors (Lipinski definition) is 0. The van der Waals surface area contributed by atoms with E-state index in [2.05, 4.69) is 6.58 Å². The van der Waals surface area contributed by atoms with Gasteiger partial charge in [0, 0.05) is 12.3 Å². The van der Waals surface area contributed by atoms with Crippen LogP contribution >= 0.6 is 0 Å². The molecule has 1 atom stereocenters. The van der Waals surface area contributed by atoms with E-state index in [1.807, 2.05) is 6.92 Å². The topological polar surface area (TPSA) is 34.1 Å². The second-order valence-corrected chi connectivity index (χ2v) is 3.30. The first-order chi connectivity index (χ1) is 6.11. The van der Waals surface area contributed by atoms with Crippen LogP contribution in [0.1, 0.15) is 39.5 Å². The zero-order chi connectivity index (χ0) is 10.3. The summed E-state index contributed by atoms with van der Waals surface area (Å²) in [5.74, 6) is 0.0950. The van der Waals surface area contributed by atoms with E-state index in [4.69, 9.17) is 0 Å². The predicted molar refractivity (Wildman–Crippen MR) is 53.5 cm³/mol. The van der Waals surface area contributed by atoms with Crippen molar-refractivity contribution in [2.24, 2.45) is 5.92 Å². The van der Waals surface area contributed by atoms with Crippen LogP contribution in [0.2, 0.25) is 0 Å². The Balaban J connectivity index is 3.81. The van der Waals surface area contributed by atoms with Crippen LogP contribution in [0.15, 0.2) is 12.7 Å². The van der Waals surface area contributed by atoms with Gasteiger partial charge in [-0.2, -0.15) is 0 Å². The molecule has 2 heteroatoms. The Hall–Kier alpha value is -0.920. The van der Waals surface area contributed by atoms with Gasteiger partial charge in [0.15, 0.2) is 0 Å². The highest BCUT2D eigenvalue weighted by atomic mass is 16.1. The van der Waals surface area contributed by atoms with Crippen LogP contribution in [0.4, 0.5) is 0 Å². The molecule has 0 amide bonds. The minimum atomic E-state index is -0.00602. The zero-order valence-electron chi connectivity index (χ0n) is 8.51. The maximum absolute atomic E-state index is 11.4. The average molecular weight is 182 g/mol. The van der Waals surface area contributed by atoms with E-state index in [1.54, 1.807) is 13.0 Å². The molecule has 0 heterocycles. The molecule has 0 aromatic rings. The van der Waals surface area contributed by atoms with Crippen LogP contribution in [0, 0.1) is 5.92 Å². The lowest BCUT2D eigenvalue weighted by Crippen LogP contribution is -2.14. The van der Waals surface area contributed by atoms with Crippen molar-refractivity contribution in [3.63, 3.8) is 0 Å².